The van der Waals surface area contributed by atoms with Crippen molar-refractivity contribution in [2.45, 2.75) is 32.7 Å². The van der Waals surface area contributed by atoms with Crippen LogP contribution in [0.25, 0.3) is 0 Å². The van der Waals surface area contributed by atoms with Gasteiger partial charge in [-0.2, -0.15) is 0 Å². The molecule has 2 rings (SSSR count). The van der Waals surface area contributed by atoms with Gasteiger partial charge in [0, 0.05) is 25.1 Å². The monoisotopic (exact) mass is 288 g/mol. The van der Waals surface area contributed by atoms with Gasteiger partial charge in [0.15, 0.2) is 0 Å². The zero-order valence-electron chi connectivity index (χ0n) is 12.7. The molecule has 0 aliphatic carbocycles. The molecule has 0 radical (unpaired) electrons. The van der Waals surface area contributed by atoms with E-state index in [0.717, 1.165) is 24.5 Å². The highest BCUT2D eigenvalue weighted by Gasteiger charge is 2.12. The number of rotatable bonds is 6. The van der Waals surface area contributed by atoms with Crippen molar-refractivity contribution in [2.24, 2.45) is 0 Å². The van der Waals surface area contributed by atoms with E-state index in [2.05, 4.69) is 27.5 Å². The molecule has 21 heavy (non-hydrogen) atoms. The van der Waals surface area contributed by atoms with Crippen molar-refractivity contribution in [3.8, 4) is 0 Å². The number of nitrogens with one attached hydrogen (secondary N) is 2. The van der Waals surface area contributed by atoms with Crippen molar-refractivity contribution in [3.05, 3.63) is 47.5 Å². The minimum atomic E-state index is -0.214. The predicted molar refractivity (Wildman–Crippen MR) is 84.0 cm³/mol. The van der Waals surface area contributed by atoms with Crippen LogP contribution in [0.5, 0.6) is 0 Å². The number of hydrogen-bond acceptors (Lipinski definition) is 4. The van der Waals surface area contributed by atoms with Gasteiger partial charge in [-0.15, -0.1) is 0 Å². The fourth-order valence-electron chi connectivity index (χ4n) is 2.16. The molecule has 2 aromatic rings. The van der Waals surface area contributed by atoms with Gasteiger partial charge in [0.2, 0.25) is 0 Å². The zero-order valence-corrected chi connectivity index (χ0v) is 12.7. The molecule has 0 aliphatic rings. The standard InChI is InChI=1S/C16H21FN4/c1-4-7-14-20-15(18-3)10-16(21-14)19-11(2)12-8-5-6-9-13(12)17/h5-6,8-11H,4,7H2,1-3H3,(H2,18,19,20,21). The van der Waals surface area contributed by atoms with E-state index >= 15 is 0 Å². The zero-order chi connectivity index (χ0) is 15.2. The Balaban J connectivity index is 2.22. The SMILES string of the molecule is CCCc1nc(NC)cc(NC(C)c2ccccc2F)n1. The van der Waals surface area contributed by atoms with Gasteiger partial charge in [-0.25, -0.2) is 14.4 Å². The summed E-state index contributed by atoms with van der Waals surface area (Å²) in [6.45, 7) is 4.00. The van der Waals surface area contributed by atoms with E-state index in [1.807, 2.05) is 26.1 Å². The number of aryl methyl sites for hydroxylation is 1. The number of hydrogen-bond donors (Lipinski definition) is 2. The number of nitrogens with zero attached hydrogens (tertiary/aromatic N) is 2. The van der Waals surface area contributed by atoms with Crippen LogP contribution in [0.15, 0.2) is 30.3 Å². The second-order valence-electron chi connectivity index (χ2n) is 4.94. The minimum Gasteiger partial charge on any atom is -0.373 e. The van der Waals surface area contributed by atoms with Crippen molar-refractivity contribution in [1.29, 1.82) is 0 Å². The molecule has 0 spiro atoms. The normalized spacial score (nSPS) is 12.0. The lowest BCUT2D eigenvalue weighted by atomic mass is 10.1. The lowest BCUT2D eigenvalue weighted by Gasteiger charge is -2.16. The second-order valence-corrected chi connectivity index (χ2v) is 4.94. The summed E-state index contributed by atoms with van der Waals surface area (Å²) in [6.07, 6.45) is 1.80. The van der Waals surface area contributed by atoms with E-state index in [4.69, 9.17) is 0 Å². The van der Waals surface area contributed by atoms with Crippen LogP contribution < -0.4 is 10.6 Å². The second kappa shape index (κ2) is 7.02. The Morgan fingerprint density at radius 1 is 1.19 bits per heavy atom. The van der Waals surface area contributed by atoms with Crippen LogP contribution in [0.1, 0.15) is 37.7 Å². The first-order valence-corrected chi connectivity index (χ1v) is 7.20. The Morgan fingerprint density at radius 3 is 2.57 bits per heavy atom. The molecule has 4 nitrogen and oxygen atoms in total. The maximum atomic E-state index is 13.8. The van der Waals surface area contributed by atoms with Crippen LogP contribution in [0, 0.1) is 5.82 Å². The first kappa shape index (κ1) is 15.2. The van der Waals surface area contributed by atoms with Crippen molar-refractivity contribution >= 4 is 11.6 Å². The van der Waals surface area contributed by atoms with Gasteiger partial charge in [-0.05, 0) is 19.4 Å². The van der Waals surface area contributed by atoms with Crippen molar-refractivity contribution in [2.75, 3.05) is 17.7 Å². The summed E-state index contributed by atoms with van der Waals surface area (Å²) in [5.74, 6) is 2.03. The van der Waals surface area contributed by atoms with Crippen LogP contribution in [0.4, 0.5) is 16.0 Å². The van der Waals surface area contributed by atoms with Gasteiger partial charge in [-0.1, -0.05) is 25.1 Å². The van der Waals surface area contributed by atoms with E-state index in [-0.39, 0.29) is 11.9 Å². The highest BCUT2D eigenvalue weighted by Crippen LogP contribution is 2.22. The van der Waals surface area contributed by atoms with Crippen molar-refractivity contribution in [3.63, 3.8) is 0 Å². The lowest BCUT2D eigenvalue weighted by molar-refractivity contribution is 0.600. The van der Waals surface area contributed by atoms with E-state index in [9.17, 15) is 4.39 Å². The van der Waals surface area contributed by atoms with Crippen LogP contribution in [0.3, 0.4) is 0 Å². The molecule has 0 bridgehead atoms. The average Bonchev–Trinajstić information content (AvgIpc) is 2.47. The summed E-state index contributed by atoms with van der Waals surface area (Å²) in [5.41, 5.74) is 0.624. The molecule has 1 atom stereocenters. The molecule has 1 heterocycles. The molecule has 5 heteroatoms. The Kier molecular flexibility index (Phi) is 5.09. The van der Waals surface area contributed by atoms with Gasteiger partial charge in [-0.3, -0.25) is 0 Å². The van der Waals surface area contributed by atoms with E-state index < -0.39 is 0 Å². The number of aromatic nitrogens is 2. The van der Waals surface area contributed by atoms with Crippen LogP contribution in [-0.2, 0) is 6.42 Å². The summed E-state index contributed by atoms with van der Waals surface area (Å²) >= 11 is 0. The van der Waals surface area contributed by atoms with Gasteiger partial charge in [0.05, 0.1) is 6.04 Å². The topological polar surface area (TPSA) is 49.8 Å². The first-order chi connectivity index (χ1) is 10.1. The van der Waals surface area contributed by atoms with Gasteiger partial charge >= 0.3 is 0 Å². The predicted octanol–water partition coefficient (Wildman–Crippen LogP) is 3.78. The molecule has 112 valence electrons. The Bertz CT molecular complexity index is 601. The lowest BCUT2D eigenvalue weighted by Crippen LogP contribution is -2.11. The molecule has 0 amide bonds. The van der Waals surface area contributed by atoms with Crippen LogP contribution in [-0.4, -0.2) is 17.0 Å². The molecule has 2 N–H and O–H groups in total. The molecule has 0 saturated carbocycles. The molecule has 1 aromatic heterocycles. The maximum Gasteiger partial charge on any atom is 0.133 e. The maximum absolute atomic E-state index is 13.8. The number of anilines is 2. The summed E-state index contributed by atoms with van der Waals surface area (Å²) < 4.78 is 13.8. The highest BCUT2D eigenvalue weighted by molar-refractivity contribution is 5.48. The third kappa shape index (κ3) is 3.90. The summed E-state index contributed by atoms with van der Waals surface area (Å²) in [5, 5.41) is 6.27. The van der Waals surface area contributed by atoms with Crippen LogP contribution in [0.2, 0.25) is 0 Å². The quantitative estimate of drug-likeness (QED) is 0.849. The average molecular weight is 288 g/mol. The molecular formula is C16H21FN4. The molecular weight excluding hydrogens is 267 g/mol. The molecule has 0 saturated heterocycles. The van der Waals surface area contributed by atoms with Gasteiger partial charge in [0.25, 0.3) is 0 Å². The molecule has 1 unspecified atom stereocenters. The first-order valence-electron chi connectivity index (χ1n) is 7.20. The number of benzene rings is 1. The molecule has 1 aromatic carbocycles. The van der Waals surface area contributed by atoms with E-state index in [0.29, 0.717) is 11.4 Å². The number of halogens is 1. The Morgan fingerprint density at radius 2 is 1.90 bits per heavy atom. The van der Waals surface area contributed by atoms with Crippen molar-refractivity contribution in [1.82, 2.24) is 9.97 Å². The van der Waals surface area contributed by atoms with E-state index in [1.54, 1.807) is 12.1 Å². The van der Waals surface area contributed by atoms with Crippen molar-refractivity contribution < 1.29 is 4.39 Å². The third-order valence-corrected chi connectivity index (χ3v) is 3.24. The Hall–Kier alpha value is -2.17. The van der Waals surface area contributed by atoms with E-state index in [1.165, 1.54) is 6.07 Å². The third-order valence-electron chi connectivity index (χ3n) is 3.24. The van der Waals surface area contributed by atoms with Crippen LogP contribution >= 0.6 is 0 Å². The fourth-order valence-corrected chi connectivity index (χ4v) is 2.16. The Labute approximate surface area is 124 Å². The minimum absolute atomic E-state index is 0.166. The van der Waals surface area contributed by atoms with Gasteiger partial charge < -0.3 is 10.6 Å². The summed E-state index contributed by atoms with van der Waals surface area (Å²) in [7, 11) is 1.82. The summed E-state index contributed by atoms with van der Waals surface area (Å²) in [6, 6.07) is 8.43. The summed E-state index contributed by atoms with van der Waals surface area (Å²) in [4.78, 5) is 8.88. The molecule has 0 aliphatic heterocycles. The fraction of sp³-hybridized carbons (Fsp3) is 0.375. The molecule has 0 fully saturated rings. The largest absolute Gasteiger partial charge is 0.373 e. The highest BCUT2D eigenvalue weighted by atomic mass is 19.1. The van der Waals surface area contributed by atoms with Gasteiger partial charge in [0.1, 0.15) is 23.3 Å². The smallest absolute Gasteiger partial charge is 0.133 e.